The second kappa shape index (κ2) is 5.03. The molecule has 16 heavy (non-hydrogen) atoms. The Kier molecular flexibility index (Phi) is 3.89. The summed E-state index contributed by atoms with van der Waals surface area (Å²) < 4.78 is 27.1. The smallest absolute Gasteiger partial charge is 0.234 e. The molecular weight excluding hydrogens is 312 g/mol. The number of nitrogens with one attached hydrogen (secondary N) is 2. The molecule has 90 valence electrons. The molecule has 1 aliphatic heterocycles. The minimum absolute atomic E-state index is 0.0981. The van der Waals surface area contributed by atoms with Gasteiger partial charge in [0, 0.05) is 15.9 Å². The van der Waals surface area contributed by atoms with Gasteiger partial charge in [-0.2, -0.15) is 0 Å². The third-order valence-electron chi connectivity index (χ3n) is 2.41. The predicted octanol–water partition coefficient (Wildman–Crippen LogP) is 2.00. The molecule has 1 saturated heterocycles. The van der Waals surface area contributed by atoms with Crippen LogP contribution in [0.1, 0.15) is 12.8 Å². The van der Waals surface area contributed by atoms with Crippen LogP contribution in [-0.2, 0) is 10.0 Å². The van der Waals surface area contributed by atoms with Gasteiger partial charge >= 0.3 is 0 Å². The topological polar surface area (TPSA) is 58.2 Å². The highest BCUT2D eigenvalue weighted by atomic mass is 79.9. The van der Waals surface area contributed by atoms with Crippen LogP contribution in [0.25, 0.3) is 0 Å². The van der Waals surface area contributed by atoms with Gasteiger partial charge in [0.05, 0.1) is 5.75 Å². The molecule has 0 amide bonds. The summed E-state index contributed by atoms with van der Waals surface area (Å²) in [6.45, 7) is 0.921. The number of halogens is 1. The van der Waals surface area contributed by atoms with Crippen molar-refractivity contribution in [3.8, 4) is 0 Å². The number of hydrogen-bond acceptors (Lipinski definition) is 4. The molecule has 0 aliphatic carbocycles. The Bertz CT molecular complexity index is 452. The number of anilines is 1. The Morgan fingerprint density at radius 3 is 3.00 bits per heavy atom. The Morgan fingerprint density at radius 2 is 2.44 bits per heavy atom. The summed E-state index contributed by atoms with van der Waals surface area (Å²) in [6.07, 6.45) is 2.00. The summed E-state index contributed by atoms with van der Waals surface area (Å²) in [7, 11) is -3.23. The van der Waals surface area contributed by atoms with Gasteiger partial charge in [0.25, 0.3) is 0 Å². The second-order valence-electron chi connectivity index (χ2n) is 3.81. The molecule has 4 nitrogen and oxygen atoms in total. The van der Waals surface area contributed by atoms with Crippen LogP contribution in [0.2, 0.25) is 0 Å². The van der Waals surface area contributed by atoms with E-state index in [4.69, 9.17) is 0 Å². The van der Waals surface area contributed by atoms with Crippen molar-refractivity contribution in [2.75, 3.05) is 17.0 Å². The fourth-order valence-corrected chi connectivity index (χ4v) is 4.73. The highest BCUT2D eigenvalue weighted by Crippen LogP contribution is 2.25. The van der Waals surface area contributed by atoms with Crippen LogP contribution in [0.15, 0.2) is 15.9 Å². The molecule has 0 radical (unpaired) electrons. The van der Waals surface area contributed by atoms with Crippen molar-refractivity contribution >= 4 is 42.3 Å². The van der Waals surface area contributed by atoms with E-state index in [1.54, 1.807) is 6.07 Å². The van der Waals surface area contributed by atoms with E-state index in [0.29, 0.717) is 5.00 Å². The monoisotopic (exact) mass is 324 g/mol. The fourth-order valence-electron chi connectivity index (χ4n) is 1.73. The summed E-state index contributed by atoms with van der Waals surface area (Å²) in [5.41, 5.74) is 0. The van der Waals surface area contributed by atoms with Crippen molar-refractivity contribution in [1.29, 1.82) is 0 Å². The molecule has 1 aliphatic rings. The number of hydrogen-bond donors (Lipinski definition) is 2. The Labute approximate surface area is 108 Å². The zero-order valence-electron chi connectivity index (χ0n) is 8.57. The van der Waals surface area contributed by atoms with Gasteiger partial charge < -0.3 is 5.32 Å². The molecule has 2 heterocycles. The van der Waals surface area contributed by atoms with Gasteiger partial charge in [0.2, 0.25) is 10.0 Å². The van der Waals surface area contributed by atoms with Gasteiger partial charge in [0.15, 0.2) is 0 Å². The van der Waals surface area contributed by atoms with E-state index in [9.17, 15) is 8.42 Å². The summed E-state index contributed by atoms with van der Waals surface area (Å²) in [5.74, 6) is 0.155. The van der Waals surface area contributed by atoms with Crippen molar-refractivity contribution in [3.05, 3.63) is 15.9 Å². The average molecular weight is 325 g/mol. The summed E-state index contributed by atoms with van der Waals surface area (Å²) in [6, 6.07) is 1.87. The first-order valence-electron chi connectivity index (χ1n) is 5.03. The normalized spacial score (nSPS) is 21.2. The lowest BCUT2D eigenvalue weighted by molar-refractivity contribution is 0.582. The summed E-state index contributed by atoms with van der Waals surface area (Å²) in [4.78, 5) is 0. The van der Waals surface area contributed by atoms with Crippen LogP contribution in [0.4, 0.5) is 5.00 Å². The highest BCUT2D eigenvalue weighted by molar-refractivity contribution is 9.10. The maximum atomic E-state index is 11.8. The summed E-state index contributed by atoms with van der Waals surface area (Å²) in [5, 5.41) is 5.69. The molecule has 2 rings (SSSR count). The molecule has 7 heteroatoms. The van der Waals surface area contributed by atoms with Gasteiger partial charge in [-0.25, -0.2) is 8.42 Å². The fraction of sp³-hybridized carbons (Fsp3) is 0.556. The molecule has 1 atom stereocenters. The molecule has 1 fully saturated rings. The predicted molar refractivity (Wildman–Crippen MR) is 70.5 cm³/mol. The molecule has 1 aromatic heterocycles. The van der Waals surface area contributed by atoms with Gasteiger partial charge in [-0.3, -0.25) is 4.72 Å². The second-order valence-corrected chi connectivity index (χ2v) is 7.40. The van der Waals surface area contributed by atoms with Crippen LogP contribution in [0.5, 0.6) is 0 Å². The van der Waals surface area contributed by atoms with E-state index >= 15 is 0 Å². The van der Waals surface area contributed by atoms with Crippen molar-refractivity contribution in [2.24, 2.45) is 0 Å². The highest BCUT2D eigenvalue weighted by Gasteiger charge is 2.22. The Balaban J connectivity index is 1.96. The summed E-state index contributed by atoms with van der Waals surface area (Å²) >= 11 is 4.67. The lowest BCUT2D eigenvalue weighted by Gasteiger charge is -2.11. The minimum atomic E-state index is -3.23. The molecule has 0 aromatic carbocycles. The van der Waals surface area contributed by atoms with E-state index in [1.165, 1.54) is 11.3 Å². The third-order valence-corrected chi connectivity index (χ3v) is 5.51. The molecule has 1 aromatic rings. The first-order chi connectivity index (χ1) is 7.55. The van der Waals surface area contributed by atoms with E-state index in [-0.39, 0.29) is 11.8 Å². The zero-order chi connectivity index (χ0) is 11.6. The number of sulfonamides is 1. The van der Waals surface area contributed by atoms with E-state index in [2.05, 4.69) is 26.0 Å². The quantitative estimate of drug-likeness (QED) is 0.890. The molecule has 0 saturated carbocycles. The zero-order valence-corrected chi connectivity index (χ0v) is 11.8. The SMILES string of the molecule is O=S(=O)(CC1CCCN1)Nc1cc(Br)cs1. The van der Waals surface area contributed by atoms with Crippen LogP contribution >= 0.6 is 27.3 Å². The Morgan fingerprint density at radius 1 is 1.62 bits per heavy atom. The van der Waals surface area contributed by atoms with E-state index < -0.39 is 10.0 Å². The molecule has 0 spiro atoms. The van der Waals surface area contributed by atoms with Crippen LogP contribution in [0, 0.1) is 0 Å². The first-order valence-corrected chi connectivity index (χ1v) is 8.35. The van der Waals surface area contributed by atoms with E-state index in [0.717, 1.165) is 23.9 Å². The maximum Gasteiger partial charge on any atom is 0.234 e. The van der Waals surface area contributed by atoms with Crippen molar-refractivity contribution < 1.29 is 8.42 Å². The van der Waals surface area contributed by atoms with Crippen LogP contribution in [-0.4, -0.2) is 26.8 Å². The van der Waals surface area contributed by atoms with Crippen molar-refractivity contribution in [1.82, 2.24) is 5.32 Å². The van der Waals surface area contributed by atoms with Gasteiger partial charge in [-0.1, -0.05) is 0 Å². The van der Waals surface area contributed by atoms with Gasteiger partial charge in [-0.05, 0) is 41.4 Å². The molecule has 2 N–H and O–H groups in total. The van der Waals surface area contributed by atoms with Gasteiger partial charge in [-0.15, -0.1) is 11.3 Å². The molecular formula is C9H13BrN2O2S2. The largest absolute Gasteiger partial charge is 0.313 e. The third kappa shape index (κ3) is 3.44. The molecule has 1 unspecified atom stereocenters. The van der Waals surface area contributed by atoms with Crippen molar-refractivity contribution in [2.45, 2.75) is 18.9 Å². The molecule has 0 bridgehead atoms. The van der Waals surface area contributed by atoms with Crippen LogP contribution in [0.3, 0.4) is 0 Å². The number of thiophene rings is 1. The van der Waals surface area contributed by atoms with E-state index in [1.807, 2.05) is 5.38 Å². The first kappa shape index (κ1) is 12.3. The standard InChI is InChI=1S/C9H13BrN2O2S2/c10-7-4-9(15-5-7)12-16(13,14)6-8-2-1-3-11-8/h4-5,8,11-12H,1-3,6H2. The lowest BCUT2D eigenvalue weighted by atomic mass is 10.3. The average Bonchev–Trinajstić information content (AvgIpc) is 2.76. The van der Waals surface area contributed by atoms with Crippen LogP contribution < -0.4 is 10.0 Å². The van der Waals surface area contributed by atoms with Gasteiger partial charge in [0.1, 0.15) is 5.00 Å². The maximum absolute atomic E-state index is 11.8. The Hall–Kier alpha value is -0.110. The minimum Gasteiger partial charge on any atom is -0.313 e. The lowest BCUT2D eigenvalue weighted by Crippen LogP contribution is -2.32. The van der Waals surface area contributed by atoms with Crippen molar-refractivity contribution in [3.63, 3.8) is 0 Å². The number of rotatable bonds is 4.